The van der Waals surface area contributed by atoms with Gasteiger partial charge >= 0.3 is 11.9 Å². The molecule has 2 rings (SSSR count). The molecule has 0 spiro atoms. The zero-order valence-corrected chi connectivity index (χ0v) is 15.2. The summed E-state index contributed by atoms with van der Waals surface area (Å²) in [4.78, 5) is 20.8. The number of likely N-dealkylation sites (tertiary alicyclic amines) is 1. The number of benzene rings is 1. The van der Waals surface area contributed by atoms with E-state index in [-0.39, 0.29) is 0 Å². The van der Waals surface area contributed by atoms with Crippen molar-refractivity contribution < 1.29 is 24.5 Å². The standard InChI is InChI=1S/C17H27NO.C2H2O4/c1-15-9-8-10-16(2)17(15)19-14-7-6-13-18-11-4-3-5-12-18;3-1(4)2(5)6/h8-10H,3-7,11-14H2,1-2H3;(H,3,4)(H,5,6). The molecule has 0 bridgehead atoms. The van der Waals surface area contributed by atoms with Crippen LogP contribution in [0.2, 0.25) is 0 Å². The van der Waals surface area contributed by atoms with Gasteiger partial charge in [-0.05, 0) is 70.3 Å². The first-order valence-electron chi connectivity index (χ1n) is 8.79. The van der Waals surface area contributed by atoms with Crippen molar-refractivity contribution >= 4 is 11.9 Å². The molecule has 6 heteroatoms. The SMILES string of the molecule is Cc1cccc(C)c1OCCCCN1CCCCC1.O=C(O)C(=O)O. The molecule has 0 saturated carbocycles. The van der Waals surface area contributed by atoms with Crippen molar-refractivity contribution in [2.24, 2.45) is 0 Å². The van der Waals surface area contributed by atoms with Crippen molar-refractivity contribution in [1.29, 1.82) is 0 Å². The van der Waals surface area contributed by atoms with Gasteiger partial charge in [0.25, 0.3) is 0 Å². The highest BCUT2D eigenvalue weighted by atomic mass is 16.5. The maximum atomic E-state index is 9.10. The number of rotatable bonds is 6. The lowest BCUT2D eigenvalue weighted by molar-refractivity contribution is -0.159. The minimum absolute atomic E-state index is 0.847. The van der Waals surface area contributed by atoms with Gasteiger partial charge < -0.3 is 19.8 Å². The van der Waals surface area contributed by atoms with Crippen LogP contribution >= 0.6 is 0 Å². The van der Waals surface area contributed by atoms with Crippen molar-refractivity contribution in [2.75, 3.05) is 26.2 Å². The molecule has 0 atom stereocenters. The van der Waals surface area contributed by atoms with E-state index in [1.165, 1.54) is 56.4 Å². The van der Waals surface area contributed by atoms with E-state index >= 15 is 0 Å². The number of carboxylic acids is 2. The van der Waals surface area contributed by atoms with Crippen LogP contribution in [-0.4, -0.2) is 53.3 Å². The van der Waals surface area contributed by atoms with Gasteiger partial charge in [0, 0.05) is 0 Å². The third-order valence-electron chi connectivity index (χ3n) is 4.16. The molecule has 1 aliphatic heterocycles. The average Bonchev–Trinajstić information content (AvgIpc) is 2.58. The minimum atomic E-state index is -1.82. The van der Waals surface area contributed by atoms with E-state index in [1.807, 2.05) is 0 Å². The van der Waals surface area contributed by atoms with Gasteiger partial charge in [0.1, 0.15) is 5.75 Å². The maximum absolute atomic E-state index is 9.10. The Morgan fingerprint density at radius 1 is 1.00 bits per heavy atom. The fourth-order valence-electron chi connectivity index (χ4n) is 2.82. The molecule has 1 saturated heterocycles. The van der Waals surface area contributed by atoms with E-state index in [0.29, 0.717) is 0 Å². The molecule has 1 heterocycles. The van der Waals surface area contributed by atoms with Crippen molar-refractivity contribution in [1.82, 2.24) is 4.90 Å². The topological polar surface area (TPSA) is 87.1 Å². The summed E-state index contributed by atoms with van der Waals surface area (Å²) in [5, 5.41) is 14.8. The average molecular weight is 351 g/mol. The fourth-order valence-corrected chi connectivity index (χ4v) is 2.82. The van der Waals surface area contributed by atoms with Crippen LogP contribution in [0.5, 0.6) is 5.75 Å². The molecular formula is C19H29NO5. The van der Waals surface area contributed by atoms with Crippen LogP contribution in [0.4, 0.5) is 0 Å². The second-order valence-corrected chi connectivity index (χ2v) is 6.29. The maximum Gasteiger partial charge on any atom is 0.414 e. The predicted octanol–water partition coefficient (Wildman–Crippen LogP) is 3.10. The summed E-state index contributed by atoms with van der Waals surface area (Å²) in [6.07, 6.45) is 6.61. The molecule has 1 aromatic carbocycles. The molecule has 0 amide bonds. The summed E-state index contributed by atoms with van der Waals surface area (Å²) >= 11 is 0. The Morgan fingerprint density at radius 2 is 1.56 bits per heavy atom. The van der Waals surface area contributed by atoms with Crippen molar-refractivity contribution in [3.63, 3.8) is 0 Å². The van der Waals surface area contributed by atoms with E-state index in [2.05, 4.69) is 36.9 Å². The van der Waals surface area contributed by atoms with Crippen LogP contribution in [0.25, 0.3) is 0 Å². The molecule has 0 radical (unpaired) electrons. The highest BCUT2D eigenvalue weighted by Gasteiger charge is 2.09. The lowest BCUT2D eigenvalue weighted by Crippen LogP contribution is -2.30. The van der Waals surface area contributed by atoms with E-state index in [9.17, 15) is 0 Å². The Kier molecular flexibility index (Phi) is 9.62. The molecular weight excluding hydrogens is 322 g/mol. The molecule has 140 valence electrons. The monoisotopic (exact) mass is 351 g/mol. The zero-order chi connectivity index (χ0) is 18.7. The minimum Gasteiger partial charge on any atom is -0.493 e. The summed E-state index contributed by atoms with van der Waals surface area (Å²) in [7, 11) is 0. The Morgan fingerprint density at radius 3 is 2.08 bits per heavy atom. The number of hydrogen-bond donors (Lipinski definition) is 2. The van der Waals surface area contributed by atoms with Crippen molar-refractivity contribution in [2.45, 2.75) is 46.0 Å². The molecule has 0 aromatic heterocycles. The first kappa shape index (κ1) is 21.0. The van der Waals surface area contributed by atoms with Crippen molar-refractivity contribution in [3.05, 3.63) is 29.3 Å². The third-order valence-corrected chi connectivity index (χ3v) is 4.16. The molecule has 0 unspecified atom stereocenters. The molecule has 1 fully saturated rings. The summed E-state index contributed by atoms with van der Waals surface area (Å²) in [6, 6.07) is 6.33. The number of aryl methyl sites for hydroxylation is 2. The second kappa shape index (κ2) is 11.5. The van der Waals surface area contributed by atoms with E-state index in [1.54, 1.807) is 0 Å². The summed E-state index contributed by atoms with van der Waals surface area (Å²) in [6.45, 7) is 8.94. The molecule has 1 aromatic rings. The Labute approximate surface area is 149 Å². The number of piperidine rings is 1. The largest absolute Gasteiger partial charge is 0.493 e. The van der Waals surface area contributed by atoms with Gasteiger partial charge in [0.05, 0.1) is 6.61 Å². The fraction of sp³-hybridized carbons (Fsp3) is 0.579. The van der Waals surface area contributed by atoms with Gasteiger partial charge in [-0.1, -0.05) is 24.6 Å². The van der Waals surface area contributed by atoms with Crippen LogP contribution in [0.1, 0.15) is 43.2 Å². The number of carbonyl (C=O) groups is 2. The van der Waals surface area contributed by atoms with Crippen LogP contribution in [-0.2, 0) is 9.59 Å². The quantitative estimate of drug-likeness (QED) is 0.605. The van der Waals surface area contributed by atoms with Gasteiger partial charge in [0.2, 0.25) is 0 Å². The number of aliphatic carboxylic acids is 2. The Balaban J connectivity index is 0.000000450. The van der Waals surface area contributed by atoms with Gasteiger partial charge in [-0.2, -0.15) is 0 Å². The van der Waals surface area contributed by atoms with Crippen LogP contribution in [0, 0.1) is 13.8 Å². The Bertz CT molecular complexity index is 520. The molecule has 2 N–H and O–H groups in total. The first-order valence-corrected chi connectivity index (χ1v) is 8.79. The highest BCUT2D eigenvalue weighted by molar-refractivity contribution is 6.27. The van der Waals surface area contributed by atoms with Crippen molar-refractivity contribution in [3.8, 4) is 5.75 Å². The predicted molar refractivity (Wildman–Crippen MR) is 96.2 cm³/mol. The van der Waals surface area contributed by atoms with Gasteiger partial charge in [-0.15, -0.1) is 0 Å². The summed E-state index contributed by atoms with van der Waals surface area (Å²) in [5.74, 6) is -2.56. The van der Waals surface area contributed by atoms with Gasteiger partial charge in [-0.25, -0.2) is 9.59 Å². The lowest BCUT2D eigenvalue weighted by atomic mass is 10.1. The number of unbranched alkanes of at least 4 members (excludes halogenated alkanes) is 1. The highest BCUT2D eigenvalue weighted by Crippen LogP contribution is 2.22. The molecule has 1 aliphatic rings. The third kappa shape index (κ3) is 8.54. The Hall–Kier alpha value is -2.08. The van der Waals surface area contributed by atoms with E-state index in [0.717, 1.165) is 18.8 Å². The summed E-state index contributed by atoms with van der Waals surface area (Å²) < 4.78 is 5.94. The van der Waals surface area contributed by atoms with Crippen LogP contribution in [0.3, 0.4) is 0 Å². The number of ether oxygens (including phenoxy) is 1. The number of carboxylic acid groups (broad SMARTS) is 2. The normalized spacial score (nSPS) is 14.3. The second-order valence-electron chi connectivity index (χ2n) is 6.29. The number of nitrogens with zero attached hydrogens (tertiary/aromatic N) is 1. The van der Waals surface area contributed by atoms with E-state index in [4.69, 9.17) is 24.5 Å². The first-order chi connectivity index (χ1) is 11.9. The smallest absolute Gasteiger partial charge is 0.414 e. The van der Waals surface area contributed by atoms with E-state index < -0.39 is 11.9 Å². The molecule has 25 heavy (non-hydrogen) atoms. The number of para-hydroxylation sites is 1. The summed E-state index contributed by atoms with van der Waals surface area (Å²) in [5.41, 5.74) is 2.49. The van der Waals surface area contributed by atoms with Crippen LogP contribution < -0.4 is 4.74 Å². The molecule has 0 aliphatic carbocycles. The van der Waals surface area contributed by atoms with Crippen LogP contribution in [0.15, 0.2) is 18.2 Å². The molecule has 6 nitrogen and oxygen atoms in total. The lowest BCUT2D eigenvalue weighted by Gasteiger charge is -2.26. The zero-order valence-electron chi connectivity index (χ0n) is 15.2. The van der Waals surface area contributed by atoms with Gasteiger partial charge in [0.15, 0.2) is 0 Å². The van der Waals surface area contributed by atoms with Gasteiger partial charge in [-0.3, -0.25) is 0 Å². The number of hydrogen-bond acceptors (Lipinski definition) is 4.